The maximum Gasteiger partial charge on any atom is 0.325 e. The minimum absolute atomic E-state index is 0.154. The molecule has 210 valence electrons. The van der Waals surface area contributed by atoms with Crippen LogP contribution in [0.2, 0.25) is 0 Å². The average molecular weight is 531 g/mol. The van der Waals surface area contributed by atoms with E-state index < -0.39 is 77.1 Å². The largest absolute Gasteiger partial charge is 0.459 e. The summed E-state index contributed by atoms with van der Waals surface area (Å²) in [5.41, 5.74) is -1.46. The number of esters is 1. The lowest BCUT2D eigenvalue weighted by atomic mass is 9.85. The van der Waals surface area contributed by atoms with Crippen molar-refractivity contribution in [2.75, 3.05) is 13.1 Å². The van der Waals surface area contributed by atoms with E-state index in [1.807, 2.05) is 0 Å². The third-order valence-corrected chi connectivity index (χ3v) is 6.32. The first-order valence-electron chi connectivity index (χ1n) is 12.6. The molecular weight excluding hydrogens is 490 g/mol. The summed E-state index contributed by atoms with van der Waals surface area (Å²) < 4.78 is 31.9. The summed E-state index contributed by atoms with van der Waals surface area (Å²) in [4.78, 5) is 64.3. The lowest BCUT2D eigenvalue weighted by Crippen LogP contribution is -2.60. The van der Waals surface area contributed by atoms with Gasteiger partial charge in [0.25, 0.3) is 5.92 Å². The number of ether oxygens (including phenoxy) is 1. The molecule has 0 bridgehead atoms. The van der Waals surface area contributed by atoms with Crippen molar-refractivity contribution in [3.63, 3.8) is 0 Å². The summed E-state index contributed by atoms with van der Waals surface area (Å²) in [7, 11) is 0. The molecule has 0 spiro atoms. The van der Waals surface area contributed by atoms with Gasteiger partial charge in [-0.05, 0) is 52.4 Å². The van der Waals surface area contributed by atoms with Gasteiger partial charge in [0.1, 0.15) is 24.2 Å². The molecule has 4 unspecified atom stereocenters. The first-order valence-corrected chi connectivity index (χ1v) is 12.6. The van der Waals surface area contributed by atoms with E-state index in [0.29, 0.717) is 12.8 Å². The zero-order valence-corrected chi connectivity index (χ0v) is 22.7. The summed E-state index contributed by atoms with van der Waals surface area (Å²) in [5, 5.41) is 7.53. The number of halogens is 2. The lowest BCUT2D eigenvalue weighted by Gasteiger charge is -2.35. The normalized spacial score (nSPS) is 22.5. The number of ketones is 1. The van der Waals surface area contributed by atoms with Crippen LogP contribution in [0.3, 0.4) is 0 Å². The number of nitrogens with zero attached hydrogens (tertiary/aromatic N) is 1. The van der Waals surface area contributed by atoms with E-state index in [0.717, 1.165) is 0 Å². The van der Waals surface area contributed by atoms with E-state index in [-0.39, 0.29) is 19.4 Å². The Morgan fingerprint density at radius 1 is 1.05 bits per heavy atom. The fraction of sp³-hybridized carbons (Fsp3) is 0.800. The van der Waals surface area contributed by atoms with Gasteiger partial charge in [0.05, 0.1) is 6.04 Å². The number of nitrogens with one attached hydrogen (secondary N) is 3. The van der Waals surface area contributed by atoms with Crippen molar-refractivity contribution in [2.24, 2.45) is 11.3 Å². The smallest absolute Gasteiger partial charge is 0.325 e. The zero-order valence-electron chi connectivity index (χ0n) is 22.7. The zero-order chi connectivity index (χ0) is 28.3. The van der Waals surface area contributed by atoms with Gasteiger partial charge in [0.2, 0.25) is 11.8 Å². The van der Waals surface area contributed by atoms with Crippen molar-refractivity contribution in [3.05, 3.63) is 0 Å². The first-order chi connectivity index (χ1) is 16.8. The number of hydrogen-bond donors (Lipinski definition) is 3. The number of urea groups is 1. The summed E-state index contributed by atoms with van der Waals surface area (Å²) in [5.74, 6) is -5.91. The highest BCUT2D eigenvalue weighted by Crippen LogP contribution is 2.51. The second-order valence-corrected chi connectivity index (χ2v) is 12.0. The number of amides is 4. The molecule has 0 aromatic carbocycles. The lowest BCUT2D eigenvalue weighted by molar-refractivity contribution is -0.153. The van der Waals surface area contributed by atoms with Crippen LogP contribution in [0.5, 0.6) is 0 Å². The number of rotatable bonds is 9. The highest BCUT2D eigenvalue weighted by molar-refractivity contribution is 5.95. The summed E-state index contributed by atoms with van der Waals surface area (Å²) >= 11 is 0. The molecule has 0 aromatic heterocycles. The second kappa shape index (κ2) is 11.3. The van der Waals surface area contributed by atoms with Crippen LogP contribution in [0, 0.1) is 11.3 Å². The third kappa shape index (κ3) is 8.92. The molecule has 1 aliphatic carbocycles. The average Bonchev–Trinajstić information content (AvgIpc) is 3.11. The highest BCUT2D eigenvalue weighted by Gasteiger charge is 2.57. The Bertz CT molecular complexity index is 912. The van der Waals surface area contributed by atoms with E-state index in [4.69, 9.17) is 4.74 Å². The third-order valence-electron chi connectivity index (χ3n) is 6.32. The van der Waals surface area contributed by atoms with Crippen LogP contribution in [0.4, 0.5) is 13.6 Å². The fourth-order valence-electron chi connectivity index (χ4n) is 4.23. The molecule has 2 fully saturated rings. The molecule has 4 atom stereocenters. The standard InChI is InChI=1S/C25H40F2N4O6/c1-14(32)16(11-15-12-25(15,26)27)29-20(34)17-9-8-10-31(17)21(35)19(23(2,3)4)30-22(36)28-13-18(33)37-24(5,6)7/h15-17,19H,8-13H2,1-7H3,(H,29,34)(H2,28,30,36). The number of carbonyl (C=O) groups is 5. The van der Waals surface area contributed by atoms with Crippen molar-refractivity contribution in [3.8, 4) is 0 Å². The minimum atomic E-state index is -2.82. The molecular formula is C25H40F2N4O6. The molecule has 1 saturated carbocycles. The summed E-state index contributed by atoms with van der Waals surface area (Å²) in [6, 6.07) is -3.74. The van der Waals surface area contributed by atoms with E-state index in [1.54, 1.807) is 41.5 Å². The molecule has 1 saturated heterocycles. The molecule has 1 heterocycles. The van der Waals surface area contributed by atoms with Crippen molar-refractivity contribution < 1.29 is 37.5 Å². The predicted octanol–water partition coefficient (Wildman–Crippen LogP) is 2.15. The molecule has 4 amide bonds. The Balaban J connectivity index is 2.05. The second-order valence-electron chi connectivity index (χ2n) is 12.0. The van der Waals surface area contributed by atoms with Gasteiger partial charge >= 0.3 is 12.0 Å². The van der Waals surface area contributed by atoms with Gasteiger partial charge in [0.15, 0.2) is 5.78 Å². The van der Waals surface area contributed by atoms with E-state index >= 15 is 0 Å². The van der Waals surface area contributed by atoms with E-state index in [1.165, 1.54) is 11.8 Å². The predicted molar refractivity (Wildman–Crippen MR) is 131 cm³/mol. The van der Waals surface area contributed by atoms with Crippen molar-refractivity contribution >= 4 is 29.6 Å². The maximum atomic E-state index is 13.5. The maximum absolute atomic E-state index is 13.5. The Morgan fingerprint density at radius 3 is 2.14 bits per heavy atom. The van der Waals surface area contributed by atoms with E-state index in [9.17, 15) is 32.8 Å². The molecule has 3 N–H and O–H groups in total. The van der Waals surface area contributed by atoms with Crippen LogP contribution < -0.4 is 16.0 Å². The Labute approximate surface area is 216 Å². The van der Waals surface area contributed by atoms with Crippen LogP contribution in [0.15, 0.2) is 0 Å². The van der Waals surface area contributed by atoms with Crippen LogP contribution in [0.1, 0.15) is 74.1 Å². The minimum Gasteiger partial charge on any atom is -0.459 e. The van der Waals surface area contributed by atoms with Crippen molar-refractivity contribution in [1.29, 1.82) is 0 Å². The molecule has 2 aliphatic rings. The molecule has 1 aliphatic heterocycles. The van der Waals surface area contributed by atoms with Crippen LogP contribution >= 0.6 is 0 Å². The van der Waals surface area contributed by atoms with Gasteiger partial charge in [-0.1, -0.05) is 20.8 Å². The quantitative estimate of drug-likeness (QED) is 0.391. The summed E-state index contributed by atoms with van der Waals surface area (Å²) in [6.07, 6.45) is 0.398. The number of hydrogen-bond acceptors (Lipinski definition) is 6. The first kappa shape index (κ1) is 30.4. The highest BCUT2D eigenvalue weighted by atomic mass is 19.3. The Hall–Kier alpha value is -2.79. The molecule has 10 nitrogen and oxygen atoms in total. The van der Waals surface area contributed by atoms with Crippen LogP contribution in [-0.2, 0) is 23.9 Å². The van der Waals surface area contributed by atoms with Crippen molar-refractivity contribution in [2.45, 2.75) is 104 Å². The summed E-state index contributed by atoms with van der Waals surface area (Å²) in [6.45, 7) is 11.4. The number of alkyl halides is 2. The SMILES string of the molecule is CC(=O)C(CC1CC1(F)F)NC(=O)C1CCCN1C(=O)C(NC(=O)NCC(=O)OC(C)(C)C)C(C)(C)C. The molecule has 2 rings (SSSR count). The van der Waals surface area contributed by atoms with Crippen LogP contribution in [0.25, 0.3) is 0 Å². The molecule has 12 heteroatoms. The number of likely N-dealkylation sites (tertiary alicyclic amines) is 1. The molecule has 0 radical (unpaired) electrons. The number of carbonyl (C=O) groups excluding carboxylic acids is 5. The topological polar surface area (TPSA) is 134 Å². The van der Waals surface area contributed by atoms with Crippen molar-refractivity contribution in [1.82, 2.24) is 20.9 Å². The van der Waals surface area contributed by atoms with Gasteiger partial charge in [-0.3, -0.25) is 19.2 Å². The van der Waals surface area contributed by atoms with Crippen LogP contribution in [-0.4, -0.2) is 77.2 Å². The van der Waals surface area contributed by atoms with Gasteiger partial charge in [-0.25, -0.2) is 13.6 Å². The van der Waals surface area contributed by atoms with Gasteiger partial charge in [0, 0.05) is 18.9 Å². The molecule has 0 aromatic rings. The van der Waals surface area contributed by atoms with Gasteiger partial charge < -0.3 is 25.6 Å². The van der Waals surface area contributed by atoms with Gasteiger partial charge in [-0.2, -0.15) is 0 Å². The Morgan fingerprint density at radius 2 is 1.65 bits per heavy atom. The fourth-order valence-corrected chi connectivity index (χ4v) is 4.23. The molecule has 37 heavy (non-hydrogen) atoms. The Kier molecular flexibility index (Phi) is 9.30. The monoisotopic (exact) mass is 530 g/mol. The number of Topliss-reactive ketones (excluding diaryl/α,β-unsaturated/α-hetero) is 1. The van der Waals surface area contributed by atoms with E-state index in [2.05, 4.69) is 16.0 Å². The van der Waals surface area contributed by atoms with Gasteiger partial charge in [-0.15, -0.1) is 0 Å².